The van der Waals surface area contributed by atoms with Crippen molar-refractivity contribution >= 4 is 23.8 Å². The Labute approximate surface area is 158 Å². The van der Waals surface area contributed by atoms with Gasteiger partial charge in [0.05, 0.1) is 0 Å². The third-order valence-corrected chi connectivity index (χ3v) is 3.67. The van der Waals surface area contributed by atoms with Crippen LogP contribution >= 0.6 is 0 Å². The minimum Gasteiger partial charge on any atom is -0.423 e. The van der Waals surface area contributed by atoms with Gasteiger partial charge in [0.15, 0.2) is 17.3 Å². The van der Waals surface area contributed by atoms with Crippen molar-refractivity contribution in [3.8, 4) is 11.5 Å². The van der Waals surface area contributed by atoms with Crippen molar-refractivity contribution in [2.75, 3.05) is 0 Å². The number of carbonyl (C=O) groups is 3. The first-order chi connectivity index (χ1) is 12.9. The molecule has 0 bridgehead atoms. The summed E-state index contributed by atoms with van der Waals surface area (Å²) in [5.41, 5.74) is 1.87. The molecule has 0 radical (unpaired) electrons. The number of ether oxygens (including phenoxy) is 2. The van der Waals surface area contributed by atoms with Crippen molar-refractivity contribution in [1.29, 1.82) is 0 Å². The van der Waals surface area contributed by atoms with Crippen LogP contribution in [-0.2, 0) is 20.8 Å². The standard InChI is InChI=1S/C22H22O5/c1-16(23)26-21-14-12-19(15-22(21)27-17(2)24)11-13-20(25)10-6-9-18-7-4-3-5-8-18/h3-5,7-8,11-15H,6,9-10H2,1-2H3/b13-11+. The predicted octanol–water partition coefficient (Wildman–Crippen LogP) is 4.14. The van der Waals surface area contributed by atoms with E-state index in [1.165, 1.54) is 31.6 Å². The summed E-state index contributed by atoms with van der Waals surface area (Å²) in [6.45, 7) is 2.52. The van der Waals surface area contributed by atoms with E-state index in [1.54, 1.807) is 18.2 Å². The highest BCUT2D eigenvalue weighted by molar-refractivity contribution is 5.93. The van der Waals surface area contributed by atoms with E-state index in [-0.39, 0.29) is 17.3 Å². The van der Waals surface area contributed by atoms with Crippen LogP contribution in [0.4, 0.5) is 0 Å². The first-order valence-corrected chi connectivity index (χ1v) is 8.70. The molecule has 5 nitrogen and oxygen atoms in total. The summed E-state index contributed by atoms with van der Waals surface area (Å²) in [5.74, 6) is -0.730. The highest BCUT2D eigenvalue weighted by Gasteiger charge is 2.10. The number of benzene rings is 2. The Bertz CT molecular complexity index is 837. The van der Waals surface area contributed by atoms with Crippen LogP contribution in [-0.4, -0.2) is 17.7 Å². The second-order valence-corrected chi connectivity index (χ2v) is 6.03. The summed E-state index contributed by atoms with van der Waals surface area (Å²) in [5, 5.41) is 0. The number of aryl methyl sites for hydroxylation is 1. The molecular weight excluding hydrogens is 344 g/mol. The number of hydrogen-bond donors (Lipinski definition) is 0. The van der Waals surface area contributed by atoms with Crippen LogP contribution in [0.3, 0.4) is 0 Å². The van der Waals surface area contributed by atoms with Gasteiger partial charge in [-0.05, 0) is 42.2 Å². The van der Waals surface area contributed by atoms with Crippen LogP contribution in [0.15, 0.2) is 54.6 Å². The van der Waals surface area contributed by atoms with Crippen LogP contribution in [0.5, 0.6) is 11.5 Å². The maximum absolute atomic E-state index is 12.0. The van der Waals surface area contributed by atoms with Crippen LogP contribution in [0.25, 0.3) is 6.08 Å². The topological polar surface area (TPSA) is 69.7 Å². The van der Waals surface area contributed by atoms with Gasteiger partial charge >= 0.3 is 11.9 Å². The second-order valence-electron chi connectivity index (χ2n) is 6.03. The van der Waals surface area contributed by atoms with Gasteiger partial charge in [0.1, 0.15) is 0 Å². The average Bonchev–Trinajstić information content (AvgIpc) is 2.62. The van der Waals surface area contributed by atoms with Gasteiger partial charge in [-0.25, -0.2) is 0 Å². The molecule has 0 spiro atoms. The monoisotopic (exact) mass is 366 g/mol. The number of ketones is 1. The molecule has 0 amide bonds. The van der Waals surface area contributed by atoms with Gasteiger partial charge in [-0.15, -0.1) is 0 Å². The Balaban J connectivity index is 1.97. The number of carbonyl (C=O) groups excluding carboxylic acids is 3. The molecule has 0 saturated heterocycles. The summed E-state index contributed by atoms with van der Waals surface area (Å²) >= 11 is 0. The zero-order valence-electron chi connectivity index (χ0n) is 15.4. The van der Waals surface area contributed by atoms with Crippen LogP contribution in [0.2, 0.25) is 0 Å². The van der Waals surface area contributed by atoms with Crippen LogP contribution in [0.1, 0.15) is 37.8 Å². The third-order valence-electron chi connectivity index (χ3n) is 3.67. The van der Waals surface area contributed by atoms with Crippen LogP contribution < -0.4 is 9.47 Å². The van der Waals surface area contributed by atoms with Gasteiger partial charge in [-0.2, -0.15) is 0 Å². The van der Waals surface area contributed by atoms with Crippen molar-refractivity contribution in [2.45, 2.75) is 33.1 Å². The molecule has 0 fully saturated rings. The van der Waals surface area contributed by atoms with E-state index >= 15 is 0 Å². The molecule has 0 atom stereocenters. The van der Waals surface area contributed by atoms with Gasteiger partial charge < -0.3 is 9.47 Å². The summed E-state index contributed by atoms with van der Waals surface area (Å²) in [7, 11) is 0. The van der Waals surface area contributed by atoms with E-state index in [4.69, 9.17) is 9.47 Å². The maximum atomic E-state index is 12.0. The Morgan fingerprint density at radius 1 is 0.889 bits per heavy atom. The molecule has 0 aliphatic carbocycles. The molecule has 0 aromatic heterocycles. The van der Waals surface area contributed by atoms with Gasteiger partial charge in [0.25, 0.3) is 0 Å². The van der Waals surface area contributed by atoms with Crippen molar-refractivity contribution in [1.82, 2.24) is 0 Å². The summed E-state index contributed by atoms with van der Waals surface area (Å²) in [6.07, 6.45) is 5.23. The van der Waals surface area contributed by atoms with Crippen molar-refractivity contribution in [3.05, 3.63) is 65.7 Å². The lowest BCUT2D eigenvalue weighted by atomic mass is 10.1. The normalized spacial score (nSPS) is 10.6. The van der Waals surface area contributed by atoms with E-state index in [0.717, 1.165) is 12.8 Å². The van der Waals surface area contributed by atoms with Crippen molar-refractivity contribution < 1.29 is 23.9 Å². The van der Waals surface area contributed by atoms with Gasteiger partial charge in [-0.1, -0.05) is 42.5 Å². The molecule has 0 N–H and O–H groups in total. The number of esters is 2. The summed E-state index contributed by atoms with van der Waals surface area (Å²) in [4.78, 5) is 34.4. The van der Waals surface area contributed by atoms with E-state index < -0.39 is 11.9 Å². The lowest BCUT2D eigenvalue weighted by Gasteiger charge is -2.09. The fourth-order valence-electron chi connectivity index (χ4n) is 2.49. The molecule has 0 aliphatic heterocycles. The van der Waals surface area contributed by atoms with E-state index in [2.05, 4.69) is 0 Å². The first kappa shape index (κ1) is 20.1. The zero-order valence-corrected chi connectivity index (χ0v) is 15.4. The third kappa shape index (κ3) is 7.28. The fourth-order valence-corrected chi connectivity index (χ4v) is 2.49. The minimum atomic E-state index is -0.526. The molecule has 0 aliphatic rings. The van der Waals surface area contributed by atoms with Crippen LogP contribution in [0, 0.1) is 0 Å². The van der Waals surface area contributed by atoms with Gasteiger partial charge in [0, 0.05) is 20.3 Å². The molecule has 2 aromatic rings. The number of hydrogen-bond acceptors (Lipinski definition) is 5. The molecule has 27 heavy (non-hydrogen) atoms. The highest BCUT2D eigenvalue weighted by atomic mass is 16.6. The quantitative estimate of drug-likeness (QED) is 0.399. The molecule has 5 heteroatoms. The number of rotatable bonds is 8. The van der Waals surface area contributed by atoms with Crippen molar-refractivity contribution in [2.24, 2.45) is 0 Å². The molecule has 2 rings (SSSR count). The lowest BCUT2D eigenvalue weighted by molar-refractivity contribution is -0.134. The Kier molecular flexibility index (Phi) is 7.49. The lowest BCUT2D eigenvalue weighted by Crippen LogP contribution is -2.07. The molecule has 0 heterocycles. The van der Waals surface area contributed by atoms with Crippen molar-refractivity contribution in [3.63, 3.8) is 0 Å². The smallest absolute Gasteiger partial charge is 0.308 e. The largest absolute Gasteiger partial charge is 0.423 e. The molecule has 0 unspecified atom stereocenters. The predicted molar refractivity (Wildman–Crippen MR) is 102 cm³/mol. The summed E-state index contributed by atoms with van der Waals surface area (Å²) < 4.78 is 10.1. The Morgan fingerprint density at radius 2 is 1.56 bits per heavy atom. The SMILES string of the molecule is CC(=O)Oc1ccc(/C=C/C(=O)CCCc2ccccc2)cc1OC(C)=O. The number of allylic oxidation sites excluding steroid dienone is 1. The summed E-state index contributed by atoms with van der Waals surface area (Å²) in [6, 6.07) is 14.8. The first-order valence-electron chi connectivity index (χ1n) is 8.70. The highest BCUT2D eigenvalue weighted by Crippen LogP contribution is 2.29. The fraction of sp³-hybridized carbons (Fsp3) is 0.227. The molecule has 140 valence electrons. The van der Waals surface area contributed by atoms with E-state index in [0.29, 0.717) is 12.0 Å². The Morgan fingerprint density at radius 3 is 2.22 bits per heavy atom. The minimum absolute atomic E-state index is 0.0176. The Hall–Kier alpha value is -3.21. The maximum Gasteiger partial charge on any atom is 0.308 e. The van der Waals surface area contributed by atoms with E-state index in [1.807, 2.05) is 30.3 Å². The van der Waals surface area contributed by atoms with E-state index in [9.17, 15) is 14.4 Å². The molecule has 0 saturated carbocycles. The average molecular weight is 366 g/mol. The van der Waals surface area contributed by atoms with Gasteiger partial charge in [0.2, 0.25) is 0 Å². The molecular formula is C22H22O5. The second kappa shape index (κ2) is 10.1. The zero-order chi connectivity index (χ0) is 19.6. The van der Waals surface area contributed by atoms with Gasteiger partial charge in [-0.3, -0.25) is 14.4 Å². The molecule has 2 aromatic carbocycles.